The van der Waals surface area contributed by atoms with Crippen molar-refractivity contribution in [3.63, 3.8) is 0 Å². The maximum atomic E-state index is 13.7. The zero-order valence-electron chi connectivity index (χ0n) is 27.6. The number of carbonyl (C=O) groups excluding carboxylic acids is 3. The molecule has 268 valence electrons. The number of hydrogen-bond acceptors (Lipinski definition) is 17. The number of aromatic nitrogens is 5. The van der Waals surface area contributed by atoms with Gasteiger partial charge in [0.1, 0.15) is 42.3 Å². The molecule has 2 unspecified atom stereocenters. The van der Waals surface area contributed by atoms with Gasteiger partial charge in [-0.3, -0.25) is 28.6 Å². The maximum absolute atomic E-state index is 13.7. The number of nitrogens with one attached hydrogen (secondary N) is 2. The number of rotatable bonds is 17. The molecule has 0 aliphatic carbocycles. The molecule has 2 amide bonds. The summed E-state index contributed by atoms with van der Waals surface area (Å²) >= 11 is 3.73. The molecule has 3 aromatic rings. The summed E-state index contributed by atoms with van der Waals surface area (Å²) in [6, 6.07) is 6.06. The number of esters is 1. The second-order valence-corrected chi connectivity index (χ2v) is 14.9. The van der Waals surface area contributed by atoms with E-state index in [1.165, 1.54) is 45.6 Å². The zero-order valence-corrected chi connectivity index (χ0v) is 30.9. The Kier molecular flexibility index (Phi) is 12.5. The average Bonchev–Trinajstić information content (AvgIpc) is 3.75. The average molecular weight is 768 g/mol. The highest BCUT2D eigenvalue weighted by atomic mass is 32.2. The van der Waals surface area contributed by atoms with Crippen LogP contribution in [-0.2, 0) is 51.2 Å². The first kappa shape index (κ1) is 37.3. The number of amides is 2. The molecule has 4 heterocycles. The molecule has 0 spiro atoms. The highest BCUT2D eigenvalue weighted by Crippen LogP contribution is 2.48. The van der Waals surface area contributed by atoms with E-state index < -0.39 is 36.9 Å². The van der Waals surface area contributed by atoms with Gasteiger partial charge in [-0.25, -0.2) is 19.0 Å². The van der Waals surface area contributed by atoms with Gasteiger partial charge in [0.25, 0.3) is 11.8 Å². The number of ether oxygens (including phenoxy) is 2. The minimum Gasteiger partial charge on any atom is -0.497 e. The number of oxime groups is 1. The van der Waals surface area contributed by atoms with Crippen molar-refractivity contribution in [3.8, 4) is 5.75 Å². The lowest BCUT2D eigenvalue weighted by Gasteiger charge is -2.49. The Hall–Kier alpha value is -4.01. The Bertz CT molecular complexity index is 1810. The minimum atomic E-state index is -3.69. The molecule has 0 radical (unpaired) electrons. The van der Waals surface area contributed by atoms with E-state index in [-0.39, 0.29) is 42.1 Å². The van der Waals surface area contributed by atoms with Crippen molar-refractivity contribution in [3.05, 3.63) is 52.2 Å². The summed E-state index contributed by atoms with van der Waals surface area (Å²) in [6.07, 6.45) is 0. The largest absolute Gasteiger partial charge is 0.497 e. The number of anilines is 1. The quantitative estimate of drug-likeness (QED) is 0.0505. The van der Waals surface area contributed by atoms with Gasteiger partial charge < -0.3 is 19.6 Å². The summed E-state index contributed by atoms with van der Waals surface area (Å²) in [6.45, 7) is 3.56. The van der Waals surface area contributed by atoms with Crippen LogP contribution in [0.2, 0.25) is 0 Å². The molecule has 1 saturated heterocycles. The Balaban J connectivity index is 1.32. The highest BCUT2D eigenvalue weighted by Gasteiger charge is 2.54. The first-order valence-electron chi connectivity index (χ1n) is 15.0. The number of tetrazole rings is 1. The number of thiazole rings is 1. The van der Waals surface area contributed by atoms with Crippen molar-refractivity contribution in [1.29, 1.82) is 0 Å². The van der Waals surface area contributed by atoms with E-state index >= 15 is 0 Å². The number of nitrogens with zero attached hydrogens (tertiary/aromatic N) is 7. The van der Waals surface area contributed by atoms with Gasteiger partial charge in [0.05, 0.1) is 20.3 Å². The van der Waals surface area contributed by atoms with E-state index in [0.717, 1.165) is 16.9 Å². The molecular formula is C28H34N9O9PS3. The summed E-state index contributed by atoms with van der Waals surface area (Å²) in [4.78, 5) is 51.4. The van der Waals surface area contributed by atoms with Gasteiger partial charge >= 0.3 is 13.7 Å². The third kappa shape index (κ3) is 8.47. The number of methoxy groups -OCH3 is 1. The van der Waals surface area contributed by atoms with Gasteiger partial charge in [-0.2, -0.15) is 0 Å². The van der Waals surface area contributed by atoms with Crippen LogP contribution in [0.25, 0.3) is 0 Å². The monoisotopic (exact) mass is 767 g/mol. The fourth-order valence-electron chi connectivity index (χ4n) is 4.72. The Labute approximate surface area is 299 Å². The number of β-lactam (4-membered cyclic amide) rings is 1. The molecule has 2 aliphatic heterocycles. The zero-order chi connectivity index (χ0) is 35.8. The minimum absolute atomic E-state index is 0.0358. The molecule has 5 rings (SSSR count). The van der Waals surface area contributed by atoms with Crippen LogP contribution in [0.1, 0.15) is 25.1 Å². The normalized spacial score (nSPS) is 17.6. The number of thioether (sulfide) groups is 2. The number of hydrogen-bond donors (Lipinski definition) is 2. The van der Waals surface area contributed by atoms with E-state index in [9.17, 15) is 18.9 Å². The van der Waals surface area contributed by atoms with Crippen LogP contribution in [0, 0.1) is 0 Å². The molecule has 0 saturated carbocycles. The van der Waals surface area contributed by atoms with Gasteiger partial charge in [0.15, 0.2) is 10.8 Å². The molecule has 2 atom stereocenters. The van der Waals surface area contributed by atoms with Gasteiger partial charge in [-0.1, -0.05) is 29.1 Å². The molecule has 1 aromatic carbocycles. The van der Waals surface area contributed by atoms with Crippen LogP contribution in [0.5, 0.6) is 5.75 Å². The van der Waals surface area contributed by atoms with Crippen molar-refractivity contribution in [2.45, 2.75) is 37.0 Å². The SMILES string of the molecule is CCOP(=O)(Nc1nc(C(=NOC)C(=O)NC2C(=O)N3C(C(=O)OCc4ccc(OC)cc4)=C(CSc4nnnn4C)CSC23)cs1)OCC. The number of fused-ring (bicyclic) bond motifs is 1. The van der Waals surface area contributed by atoms with Crippen LogP contribution in [-0.4, -0.2) is 104 Å². The van der Waals surface area contributed by atoms with Gasteiger partial charge in [0, 0.05) is 23.9 Å². The number of benzene rings is 1. The fraction of sp³-hybridized carbons (Fsp3) is 0.429. The molecule has 18 nitrogen and oxygen atoms in total. The summed E-state index contributed by atoms with van der Waals surface area (Å²) in [5, 5.41) is 22.2. The third-order valence-electron chi connectivity index (χ3n) is 6.99. The van der Waals surface area contributed by atoms with Gasteiger partial charge in [0.2, 0.25) is 5.16 Å². The van der Waals surface area contributed by atoms with Crippen LogP contribution in [0.4, 0.5) is 5.13 Å². The molecule has 1 fully saturated rings. The van der Waals surface area contributed by atoms with Crippen LogP contribution in [0.15, 0.2) is 51.2 Å². The second-order valence-electron chi connectivity index (χ2n) is 10.2. The molecule has 0 bridgehead atoms. The molecule has 22 heteroatoms. The predicted octanol–water partition coefficient (Wildman–Crippen LogP) is 2.81. The molecule has 2 N–H and O–H groups in total. The Morgan fingerprint density at radius 1 is 1.16 bits per heavy atom. The Morgan fingerprint density at radius 3 is 2.54 bits per heavy atom. The molecular weight excluding hydrogens is 734 g/mol. The lowest BCUT2D eigenvalue weighted by molar-refractivity contribution is -0.153. The van der Waals surface area contributed by atoms with Crippen molar-refractivity contribution >= 4 is 71.2 Å². The van der Waals surface area contributed by atoms with E-state index in [1.54, 1.807) is 52.3 Å². The Morgan fingerprint density at radius 2 is 1.90 bits per heavy atom. The van der Waals surface area contributed by atoms with Crippen molar-refractivity contribution in [2.75, 3.05) is 44.0 Å². The maximum Gasteiger partial charge on any atom is 0.434 e. The first-order chi connectivity index (χ1) is 24.1. The molecule has 50 heavy (non-hydrogen) atoms. The van der Waals surface area contributed by atoms with E-state index in [4.69, 9.17) is 23.4 Å². The van der Waals surface area contributed by atoms with Crippen LogP contribution < -0.4 is 15.1 Å². The van der Waals surface area contributed by atoms with Crippen molar-refractivity contribution in [2.24, 2.45) is 12.2 Å². The lowest BCUT2D eigenvalue weighted by Crippen LogP contribution is -2.71. The highest BCUT2D eigenvalue weighted by molar-refractivity contribution is 8.01. The van der Waals surface area contributed by atoms with Crippen molar-refractivity contribution in [1.82, 2.24) is 35.4 Å². The lowest BCUT2D eigenvalue weighted by atomic mass is 10.0. The topological polar surface area (TPSA) is 211 Å². The van der Waals surface area contributed by atoms with Gasteiger partial charge in [-0.05, 0) is 47.5 Å². The summed E-state index contributed by atoms with van der Waals surface area (Å²) in [5.74, 6) is -0.606. The predicted molar refractivity (Wildman–Crippen MR) is 185 cm³/mol. The van der Waals surface area contributed by atoms with E-state index in [2.05, 4.69) is 36.1 Å². The van der Waals surface area contributed by atoms with Crippen molar-refractivity contribution < 1.29 is 42.3 Å². The number of carbonyl (C=O) groups is 3. The van der Waals surface area contributed by atoms with E-state index in [1.807, 2.05) is 0 Å². The van der Waals surface area contributed by atoms with E-state index in [0.29, 0.717) is 28.0 Å². The van der Waals surface area contributed by atoms with Crippen LogP contribution in [0.3, 0.4) is 0 Å². The standard InChI is InChI=1S/C28H34N9O9PS3/c1-6-45-47(41,46-7-2)33-27-29-19(15-49-27)20(32-43-5)23(38)30-21-24(39)37-22(26(40)44-12-16-8-10-18(42-4)11-9-16)17(13-48-25(21)37)14-50-28-31-34-35-36(28)3/h8-11,15,21,25H,6-7,12-14H2,1-5H3,(H,30,38)(H,29,33,41). The molecule has 2 aromatic heterocycles. The van der Waals surface area contributed by atoms with Gasteiger partial charge in [-0.15, -0.1) is 28.2 Å². The molecule has 2 aliphatic rings. The fourth-order valence-corrected chi connectivity index (χ4v) is 9.30. The number of aryl methyl sites for hydroxylation is 1. The first-order valence-corrected chi connectivity index (χ1v) is 19.4. The second kappa shape index (κ2) is 16.8. The van der Waals surface area contributed by atoms with Crippen LogP contribution >= 0.6 is 42.6 Å². The third-order valence-corrected chi connectivity index (χ3v) is 12.0. The summed E-state index contributed by atoms with van der Waals surface area (Å²) in [7, 11) is 0.820. The summed E-state index contributed by atoms with van der Waals surface area (Å²) in [5.41, 5.74) is 1.35. The smallest absolute Gasteiger partial charge is 0.434 e. The summed E-state index contributed by atoms with van der Waals surface area (Å²) < 4.78 is 35.8.